The van der Waals surface area contributed by atoms with Crippen LogP contribution in [0.2, 0.25) is 0 Å². The van der Waals surface area contributed by atoms with E-state index in [1.54, 1.807) is 0 Å². The van der Waals surface area contributed by atoms with E-state index < -0.39 is 0 Å². The Morgan fingerprint density at radius 1 is 1.31 bits per heavy atom. The number of benzene rings is 1. The summed E-state index contributed by atoms with van der Waals surface area (Å²) in [5, 5.41) is 0. The maximum atomic E-state index is 3.95. The summed E-state index contributed by atoms with van der Waals surface area (Å²) in [6, 6.07) is 10.6. The summed E-state index contributed by atoms with van der Waals surface area (Å²) in [5.41, 5.74) is 2.56. The van der Waals surface area contributed by atoms with Gasteiger partial charge in [0.1, 0.15) is 0 Å². The molecule has 1 rings (SSSR count). The first-order valence-corrected chi connectivity index (χ1v) is 5.82. The third-order valence-electron chi connectivity index (χ3n) is 2.61. The molecule has 0 aliphatic carbocycles. The summed E-state index contributed by atoms with van der Waals surface area (Å²) in [6.07, 6.45) is 6.29. The Hall–Kier alpha value is -1.50. The molecule has 0 unspecified atom stereocenters. The van der Waals surface area contributed by atoms with Crippen LogP contribution in [0.15, 0.2) is 54.8 Å². The van der Waals surface area contributed by atoms with E-state index in [0.717, 1.165) is 19.4 Å². The molecule has 0 saturated heterocycles. The smallest absolute Gasteiger partial charge is 0.0209 e. The molecule has 0 heterocycles. The molecule has 0 fully saturated rings. The Kier molecular flexibility index (Phi) is 5.41. The van der Waals surface area contributed by atoms with E-state index in [2.05, 4.69) is 68.1 Å². The van der Waals surface area contributed by atoms with Crippen molar-refractivity contribution in [1.29, 1.82) is 0 Å². The molecular formula is C15H21N. The SMILES string of the molecule is C=C(/C=C\N(C)CCc1ccccc1)CC. The van der Waals surface area contributed by atoms with Gasteiger partial charge in [0.25, 0.3) is 0 Å². The van der Waals surface area contributed by atoms with Gasteiger partial charge in [-0.1, -0.05) is 49.4 Å². The number of hydrogen-bond acceptors (Lipinski definition) is 1. The van der Waals surface area contributed by atoms with Gasteiger partial charge in [-0.3, -0.25) is 0 Å². The molecule has 0 aliphatic heterocycles. The van der Waals surface area contributed by atoms with E-state index in [-0.39, 0.29) is 0 Å². The molecule has 1 aromatic carbocycles. The number of rotatable bonds is 6. The van der Waals surface area contributed by atoms with Crippen molar-refractivity contribution in [3.05, 3.63) is 60.3 Å². The quantitative estimate of drug-likeness (QED) is 0.655. The van der Waals surface area contributed by atoms with Gasteiger partial charge in [0, 0.05) is 13.6 Å². The van der Waals surface area contributed by atoms with Gasteiger partial charge in [-0.25, -0.2) is 0 Å². The maximum absolute atomic E-state index is 3.95. The molecule has 86 valence electrons. The van der Waals surface area contributed by atoms with E-state index in [4.69, 9.17) is 0 Å². The summed E-state index contributed by atoms with van der Waals surface area (Å²) in [4.78, 5) is 2.20. The van der Waals surface area contributed by atoms with E-state index in [0.29, 0.717) is 0 Å². The average Bonchev–Trinajstić information content (AvgIpc) is 2.34. The van der Waals surface area contributed by atoms with Gasteiger partial charge in [-0.15, -0.1) is 0 Å². The minimum atomic E-state index is 1.02. The molecule has 0 saturated carbocycles. The molecule has 1 nitrogen and oxygen atoms in total. The largest absolute Gasteiger partial charge is 0.380 e. The van der Waals surface area contributed by atoms with Crippen LogP contribution in [0.25, 0.3) is 0 Å². The summed E-state index contributed by atoms with van der Waals surface area (Å²) < 4.78 is 0. The molecule has 0 radical (unpaired) electrons. The normalized spacial score (nSPS) is 10.6. The molecule has 0 N–H and O–H groups in total. The summed E-state index contributed by atoms with van der Waals surface area (Å²) >= 11 is 0. The Morgan fingerprint density at radius 2 is 2.00 bits per heavy atom. The molecule has 0 amide bonds. The van der Waals surface area contributed by atoms with Crippen LogP contribution in [0.4, 0.5) is 0 Å². The zero-order chi connectivity index (χ0) is 11.8. The van der Waals surface area contributed by atoms with Gasteiger partial charge in [0.05, 0.1) is 0 Å². The van der Waals surface area contributed by atoms with Crippen LogP contribution in [0, 0.1) is 0 Å². The van der Waals surface area contributed by atoms with Crippen LogP contribution in [-0.2, 0) is 6.42 Å². The third kappa shape index (κ3) is 4.83. The fourth-order valence-electron chi connectivity index (χ4n) is 1.38. The van der Waals surface area contributed by atoms with Crippen LogP contribution in [0.5, 0.6) is 0 Å². The minimum absolute atomic E-state index is 1.02. The summed E-state index contributed by atoms with van der Waals surface area (Å²) in [5.74, 6) is 0. The molecule has 16 heavy (non-hydrogen) atoms. The lowest BCUT2D eigenvalue weighted by atomic mass is 10.1. The van der Waals surface area contributed by atoms with Gasteiger partial charge in [0.2, 0.25) is 0 Å². The molecule has 0 spiro atoms. The second kappa shape index (κ2) is 6.89. The highest BCUT2D eigenvalue weighted by molar-refractivity contribution is 5.16. The van der Waals surface area contributed by atoms with Crippen molar-refractivity contribution in [2.75, 3.05) is 13.6 Å². The first kappa shape index (κ1) is 12.6. The molecule has 0 bridgehead atoms. The minimum Gasteiger partial charge on any atom is -0.380 e. The fourth-order valence-corrected chi connectivity index (χ4v) is 1.38. The lowest BCUT2D eigenvalue weighted by Gasteiger charge is -2.13. The van der Waals surface area contributed by atoms with Crippen molar-refractivity contribution in [2.45, 2.75) is 19.8 Å². The Labute approximate surface area is 99.1 Å². The highest BCUT2D eigenvalue weighted by atomic mass is 15.1. The predicted molar refractivity (Wildman–Crippen MR) is 71.3 cm³/mol. The van der Waals surface area contributed by atoms with Crippen molar-refractivity contribution in [3.63, 3.8) is 0 Å². The van der Waals surface area contributed by atoms with Crippen LogP contribution >= 0.6 is 0 Å². The highest BCUT2D eigenvalue weighted by Crippen LogP contribution is 2.02. The van der Waals surface area contributed by atoms with Crippen LogP contribution in [-0.4, -0.2) is 18.5 Å². The second-order valence-electron chi connectivity index (χ2n) is 4.04. The Bertz CT molecular complexity index is 338. The first-order chi connectivity index (χ1) is 7.72. The molecule has 0 aromatic heterocycles. The van der Waals surface area contributed by atoms with Crippen molar-refractivity contribution in [1.82, 2.24) is 4.90 Å². The molecular weight excluding hydrogens is 194 g/mol. The first-order valence-electron chi connectivity index (χ1n) is 5.82. The van der Waals surface area contributed by atoms with Crippen LogP contribution < -0.4 is 0 Å². The van der Waals surface area contributed by atoms with Crippen molar-refractivity contribution in [2.24, 2.45) is 0 Å². The number of likely N-dealkylation sites (N-methyl/N-ethyl adjacent to an activating group) is 1. The second-order valence-corrected chi connectivity index (χ2v) is 4.04. The Morgan fingerprint density at radius 3 is 2.62 bits per heavy atom. The van der Waals surface area contributed by atoms with Crippen LogP contribution in [0.1, 0.15) is 18.9 Å². The van der Waals surface area contributed by atoms with E-state index in [9.17, 15) is 0 Å². The van der Waals surface area contributed by atoms with Gasteiger partial charge >= 0.3 is 0 Å². The van der Waals surface area contributed by atoms with Crippen molar-refractivity contribution in [3.8, 4) is 0 Å². The van der Waals surface area contributed by atoms with E-state index in [1.807, 2.05) is 0 Å². The van der Waals surface area contributed by atoms with E-state index >= 15 is 0 Å². The van der Waals surface area contributed by atoms with Gasteiger partial charge < -0.3 is 4.90 Å². The zero-order valence-electron chi connectivity index (χ0n) is 10.3. The predicted octanol–water partition coefficient (Wildman–Crippen LogP) is 3.64. The molecule has 0 atom stereocenters. The van der Waals surface area contributed by atoms with Crippen molar-refractivity contribution < 1.29 is 0 Å². The van der Waals surface area contributed by atoms with E-state index in [1.165, 1.54) is 11.1 Å². The third-order valence-corrected chi connectivity index (χ3v) is 2.61. The fraction of sp³-hybridized carbons (Fsp3) is 0.333. The number of nitrogens with zero attached hydrogens (tertiary/aromatic N) is 1. The maximum Gasteiger partial charge on any atom is 0.0209 e. The monoisotopic (exact) mass is 215 g/mol. The molecule has 0 aliphatic rings. The molecule has 1 aromatic rings. The highest BCUT2D eigenvalue weighted by Gasteiger charge is 1.94. The lowest BCUT2D eigenvalue weighted by molar-refractivity contribution is 0.460. The Balaban J connectivity index is 2.33. The van der Waals surface area contributed by atoms with Gasteiger partial charge in [-0.05, 0) is 30.7 Å². The number of allylic oxidation sites excluding steroid dienone is 2. The van der Waals surface area contributed by atoms with Crippen molar-refractivity contribution >= 4 is 0 Å². The summed E-state index contributed by atoms with van der Waals surface area (Å²) in [6.45, 7) is 7.11. The number of hydrogen-bond donors (Lipinski definition) is 0. The zero-order valence-corrected chi connectivity index (χ0v) is 10.3. The van der Waals surface area contributed by atoms with Gasteiger partial charge in [-0.2, -0.15) is 0 Å². The van der Waals surface area contributed by atoms with Gasteiger partial charge in [0.15, 0.2) is 0 Å². The lowest BCUT2D eigenvalue weighted by Crippen LogP contribution is -2.14. The molecule has 1 heteroatoms. The summed E-state index contributed by atoms with van der Waals surface area (Å²) in [7, 11) is 2.10. The topological polar surface area (TPSA) is 3.24 Å². The standard InChI is InChI=1S/C15H21N/c1-4-14(2)10-12-16(3)13-11-15-8-6-5-7-9-15/h5-10,12H,2,4,11,13H2,1,3H3/b12-10-. The average molecular weight is 215 g/mol. The van der Waals surface area contributed by atoms with Crippen LogP contribution in [0.3, 0.4) is 0 Å².